The molecule has 1 unspecified atom stereocenters. The number of hydrogen-bond acceptors (Lipinski definition) is 4. The van der Waals surface area contributed by atoms with E-state index >= 15 is 0 Å². The lowest BCUT2D eigenvalue weighted by atomic mass is 10.0. The summed E-state index contributed by atoms with van der Waals surface area (Å²) in [6, 6.07) is 4.64. The van der Waals surface area contributed by atoms with Gasteiger partial charge in [-0.1, -0.05) is 6.92 Å². The molecular formula is C11H16N2O3S. The second kappa shape index (κ2) is 4.64. The molecule has 94 valence electrons. The average molecular weight is 256 g/mol. The van der Waals surface area contributed by atoms with Crippen LogP contribution in [0.25, 0.3) is 0 Å². The third-order valence-electron chi connectivity index (χ3n) is 2.71. The van der Waals surface area contributed by atoms with Gasteiger partial charge in [-0.05, 0) is 18.2 Å². The first-order valence-electron chi connectivity index (χ1n) is 5.56. The van der Waals surface area contributed by atoms with Crippen LogP contribution in [0.5, 0.6) is 5.75 Å². The highest BCUT2D eigenvalue weighted by Gasteiger charge is 2.21. The maximum absolute atomic E-state index is 11.8. The molecule has 0 aromatic heterocycles. The van der Waals surface area contributed by atoms with Crippen molar-refractivity contribution in [3.05, 3.63) is 23.8 Å². The third kappa shape index (κ3) is 2.43. The maximum atomic E-state index is 11.8. The standard InChI is InChI=1S/C11H16N2O3S/c1-2-13-17(14,15)8-3-4-11-9(7-8)10(12)5-6-16-11/h3-4,7,10,13H,2,5-6,12H2,1H3. The van der Waals surface area contributed by atoms with Gasteiger partial charge in [-0.2, -0.15) is 0 Å². The number of hydrogen-bond donors (Lipinski definition) is 2. The van der Waals surface area contributed by atoms with E-state index in [0.717, 1.165) is 5.56 Å². The minimum absolute atomic E-state index is 0.157. The Hall–Kier alpha value is -1.11. The summed E-state index contributed by atoms with van der Waals surface area (Å²) in [5.74, 6) is 0.680. The van der Waals surface area contributed by atoms with Crippen LogP contribution in [0.15, 0.2) is 23.1 Å². The minimum atomic E-state index is -3.43. The molecule has 1 aliphatic rings. The summed E-state index contributed by atoms with van der Waals surface area (Å²) >= 11 is 0. The molecule has 0 saturated heterocycles. The van der Waals surface area contributed by atoms with Crippen LogP contribution in [0, 0.1) is 0 Å². The highest BCUT2D eigenvalue weighted by molar-refractivity contribution is 7.89. The third-order valence-corrected chi connectivity index (χ3v) is 4.26. The van der Waals surface area contributed by atoms with Crippen molar-refractivity contribution in [2.45, 2.75) is 24.3 Å². The Kier molecular flexibility index (Phi) is 3.37. The molecule has 0 radical (unpaired) electrons. The van der Waals surface area contributed by atoms with Crippen molar-refractivity contribution in [1.29, 1.82) is 0 Å². The van der Waals surface area contributed by atoms with Crippen molar-refractivity contribution >= 4 is 10.0 Å². The van der Waals surface area contributed by atoms with Crippen molar-refractivity contribution < 1.29 is 13.2 Å². The van der Waals surface area contributed by atoms with Gasteiger partial charge in [-0.15, -0.1) is 0 Å². The van der Waals surface area contributed by atoms with Crippen LogP contribution < -0.4 is 15.2 Å². The Balaban J connectivity index is 2.42. The van der Waals surface area contributed by atoms with Crippen molar-refractivity contribution in [3.63, 3.8) is 0 Å². The van der Waals surface area contributed by atoms with Gasteiger partial charge in [0.1, 0.15) is 5.75 Å². The molecule has 1 atom stereocenters. The molecule has 6 heteroatoms. The lowest BCUT2D eigenvalue weighted by molar-refractivity contribution is 0.268. The van der Waals surface area contributed by atoms with Crippen LogP contribution >= 0.6 is 0 Å². The average Bonchev–Trinajstić information content (AvgIpc) is 2.29. The first-order chi connectivity index (χ1) is 8.04. The number of ether oxygens (including phenoxy) is 1. The van der Waals surface area contributed by atoms with Crippen molar-refractivity contribution in [3.8, 4) is 5.75 Å². The maximum Gasteiger partial charge on any atom is 0.240 e. The summed E-state index contributed by atoms with van der Waals surface area (Å²) in [6.45, 7) is 2.68. The molecule has 5 nitrogen and oxygen atoms in total. The van der Waals surface area contributed by atoms with Gasteiger partial charge in [-0.25, -0.2) is 13.1 Å². The first kappa shape index (κ1) is 12.3. The molecule has 1 heterocycles. The molecule has 0 spiro atoms. The van der Waals surface area contributed by atoms with Crippen molar-refractivity contribution in [1.82, 2.24) is 4.72 Å². The van der Waals surface area contributed by atoms with E-state index in [-0.39, 0.29) is 10.9 Å². The Morgan fingerprint density at radius 2 is 2.29 bits per heavy atom. The number of rotatable bonds is 3. The van der Waals surface area contributed by atoms with Crippen molar-refractivity contribution in [2.24, 2.45) is 5.73 Å². The number of benzene rings is 1. The highest BCUT2D eigenvalue weighted by Crippen LogP contribution is 2.32. The molecule has 2 rings (SSSR count). The monoisotopic (exact) mass is 256 g/mol. The second-order valence-corrected chi connectivity index (χ2v) is 5.71. The fraction of sp³-hybridized carbons (Fsp3) is 0.455. The van der Waals surface area contributed by atoms with E-state index in [0.29, 0.717) is 25.3 Å². The Morgan fingerprint density at radius 1 is 1.53 bits per heavy atom. The van der Waals surface area contributed by atoms with Gasteiger partial charge in [0.05, 0.1) is 11.5 Å². The summed E-state index contributed by atoms with van der Waals surface area (Å²) in [7, 11) is -3.43. The van der Waals surface area contributed by atoms with Gasteiger partial charge >= 0.3 is 0 Å². The SMILES string of the molecule is CCNS(=O)(=O)c1ccc2c(c1)C(N)CCO2. The molecule has 0 amide bonds. The molecule has 1 aromatic carbocycles. The number of nitrogens with two attached hydrogens (primary N) is 1. The Bertz CT molecular complexity index is 513. The first-order valence-corrected chi connectivity index (χ1v) is 7.05. The molecule has 0 aliphatic carbocycles. The largest absolute Gasteiger partial charge is 0.493 e. The summed E-state index contributed by atoms with van der Waals surface area (Å²) in [5.41, 5.74) is 6.70. The summed E-state index contributed by atoms with van der Waals surface area (Å²) < 4.78 is 31.5. The summed E-state index contributed by atoms with van der Waals surface area (Å²) in [6.07, 6.45) is 0.706. The van der Waals surface area contributed by atoms with Gasteiger partial charge in [0, 0.05) is 24.6 Å². The van der Waals surface area contributed by atoms with E-state index in [4.69, 9.17) is 10.5 Å². The van der Waals surface area contributed by atoms with E-state index in [1.807, 2.05) is 0 Å². The van der Waals surface area contributed by atoms with Crippen LogP contribution in [-0.4, -0.2) is 21.6 Å². The molecule has 0 fully saturated rings. The Labute approximate surface area is 101 Å². The fourth-order valence-corrected chi connectivity index (χ4v) is 2.92. The van der Waals surface area contributed by atoms with Gasteiger partial charge in [0.15, 0.2) is 0 Å². The zero-order valence-corrected chi connectivity index (χ0v) is 10.5. The summed E-state index contributed by atoms with van der Waals surface area (Å²) in [5, 5.41) is 0. The van der Waals surface area contributed by atoms with E-state index in [9.17, 15) is 8.42 Å². The zero-order chi connectivity index (χ0) is 12.5. The lowest BCUT2D eigenvalue weighted by Crippen LogP contribution is -2.25. The topological polar surface area (TPSA) is 81.4 Å². The van der Waals surface area contributed by atoms with Crippen molar-refractivity contribution in [2.75, 3.05) is 13.2 Å². The van der Waals surface area contributed by atoms with Crippen LogP contribution in [0.1, 0.15) is 24.9 Å². The normalized spacial score (nSPS) is 19.5. The van der Waals surface area contributed by atoms with E-state index in [1.54, 1.807) is 19.1 Å². The number of fused-ring (bicyclic) bond motifs is 1. The van der Waals surface area contributed by atoms with Crippen LogP contribution in [0.3, 0.4) is 0 Å². The van der Waals surface area contributed by atoms with E-state index in [1.165, 1.54) is 6.07 Å². The Morgan fingerprint density at radius 3 is 3.00 bits per heavy atom. The van der Waals surface area contributed by atoms with E-state index < -0.39 is 10.0 Å². The molecule has 1 aromatic rings. The van der Waals surface area contributed by atoms with Crippen LogP contribution in [0.2, 0.25) is 0 Å². The fourth-order valence-electron chi connectivity index (χ4n) is 1.84. The van der Waals surface area contributed by atoms with Crippen LogP contribution in [0.4, 0.5) is 0 Å². The smallest absolute Gasteiger partial charge is 0.240 e. The summed E-state index contributed by atoms with van der Waals surface area (Å²) in [4.78, 5) is 0.235. The molecule has 0 bridgehead atoms. The minimum Gasteiger partial charge on any atom is -0.493 e. The number of sulfonamides is 1. The van der Waals surface area contributed by atoms with E-state index in [2.05, 4.69) is 4.72 Å². The second-order valence-electron chi connectivity index (χ2n) is 3.94. The quantitative estimate of drug-likeness (QED) is 0.837. The van der Waals surface area contributed by atoms with Gasteiger partial charge in [-0.3, -0.25) is 0 Å². The molecule has 17 heavy (non-hydrogen) atoms. The molecule has 0 saturated carbocycles. The van der Waals surface area contributed by atoms with Gasteiger partial charge in [0.25, 0.3) is 0 Å². The van der Waals surface area contributed by atoms with Gasteiger partial charge < -0.3 is 10.5 Å². The lowest BCUT2D eigenvalue weighted by Gasteiger charge is -2.23. The highest BCUT2D eigenvalue weighted by atomic mass is 32.2. The number of nitrogens with one attached hydrogen (secondary N) is 1. The molecular weight excluding hydrogens is 240 g/mol. The molecule has 3 N–H and O–H groups in total. The predicted molar refractivity (Wildman–Crippen MR) is 64.3 cm³/mol. The van der Waals surface area contributed by atoms with Gasteiger partial charge in [0.2, 0.25) is 10.0 Å². The van der Waals surface area contributed by atoms with Crippen LogP contribution in [-0.2, 0) is 10.0 Å². The zero-order valence-electron chi connectivity index (χ0n) is 9.64. The predicted octanol–water partition coefficient (Wildman–Crippen LogP) is 0.767. The molecule has 1 aliphatic heterocycles.